The summed E-state index contributed by atoms with van der Waals surface area (Å²) in [5.74, 6) is -0.482. The first-order chi connectivity index (χ1) is 14.0. The normalized spacial score (nSPS) is 14.8. The molecule has 0 bridgehead atoms. The number of aryl methyl sites for hydroxylation is 1. The van der Waals surface area contributed by atoms with Gasteiger partial charge in [0.2, 0.25) is 5.76 Å². The smallest absolute Gasteiger partial charge is 0.286 e. The molecule has 150 valence electrons. The van der Waals surface area contributed by atoms with Crippen molar-refractivity contribution in [1.29, 1.82) is 0 Å². The van der Waals surface area contributed by atoms with Gasteiger partial charge in [0, 0.05) is 17.6 Å². The number of hydrogen-bond donors (Lipinski definition) is 2. The minimum Gasteiger partial charge on any atom is -0.449 e. The van der Waals surface area contributed by atoms with Crippen molar-refractivity contribution in [3.63, 3.8) is 0 Å². The molecule has 2 aromatic carbocycles. The third-order valence-corrected chi connectivity index (χ3v) is 5.47. The molecule has 1 aliphatic heterocycles. The fourth-order valence-electron chi connectivity index (χ4n) is 3.97. The molecule has 3 aromatic rings. The van der Waals surface area contributed by atoms with Gasteiger partial charge in [0.05, 0.1) is 5.69 Å². The summed E-state index contributed by atoms with van der Waals surface area (Å²) in [7, 11) is 0. The maximum atomic E-state index is 11.9. The minimum absolute atomic E-state index is 0.122. The molecular weight excluding hydrogens is 362 g/mol. The van der Waals surface area contributed by atoms with Crippen molar-refractivity contribution in [2.75, 3.05) is 18.4 Å². The number of carbonyl (C=O) groups excluding carboxylic acids is 1. The van der Waals surface area contributed by atoms with Crippen molar-refractivity contribution >= 4 is 28.3 Å². The molecule has 0 atom stereocenters. The number of fused-ring (bicyclic) bond motifs is 1. The van der Waals surface area contributed by atoms with Crippen LogP contribution in [-0.2, 0) is 6.54 Å². The zero-order valence-electron chi connectivity index (χ0n) is 16.8. The molecule has 1 fully saturated rings. The molecule has 0 spiro atoms. The third kappa shape index (κ3) is 4.20. The van der Waals surface area contributed by atoms with Crippen LogP contribution >= 0.6 is 0 Å². The number of nitrogens with two attached hydrogens (primary N) is 1. The Labute approximate surface area is 171 Å². The van der Waals surface area contributed by atoms with Gasteiger partial charge in [-0.05, 0) is 62.2 Å². The van der Waals surface area contributed by atoms with Crippen LogP contribution in [0.3, 0.4) is 0 Å². The molecule has 0 unspecified atom stereocenters. The number of furan rings is 1. The zero-order chi connectivity index (χ0) is 20.4. The van der Waals surface area contributed by atoms with E-state index in [1.807, 2.05) is 37.3 Å². The van der Waals surface area contributed by atoms with Gasteiger partial charge in [0.15, 0.2) is 0 Å². The second-order valence-electron chi connectivity index (χ2n) is 7.81. The van der Waals surface area contributed by atoms with Crippen molar-refractivity contribution in [3.05, 3.63) is 71.5 Å². The first-order valence-corrected chi connectivity index (χ1v) is 10.1. The summed E-state index contributed by atoms with van der Waals surface area (Å²) in [4.78, 5) is 14.4. The lowest BCUT2D eigenvalue weighted by molar-refractivity contribution is 0.0977. The fraction of sp³-hybridized carbons (Fsp3) is 0.292. The van der Waals surface area contributed by atoms with E-state index in [4.69, 9.17) is 10.2 Å². The maximum Gasteiger partial charge on any atom is 0.286 e. The Morgan fingerprint density at radius 2 is 1.97 bits per heavy atom. The van der Waals surface area contributed by atoms with Crippen LogP contribution in [0.4, 0.5) is 5.69 Å². The number of nitrogens with one attached hydrogen (secondary N) is 1. The number of benzene rings is 2. The summed E-state index contributed by atoms with van der Waals surface area (Å²) in [5.41, 5.74) is 10.8. The molecule has 1 amide bonds. The molecule has 0 aliphatic carbocycles. The average Bonchev–Trinajstić information content (AvgIpc) is 3.07. The van der Waals surface area contributed by atoms with Crippen molar-refractivity contribution in [2.24, 2.45) is 5.73 Å². The van der Waals surface area contributed by atoms with Crippen molar-refractivity contribution in [3.8, 4) is 0 Å². The topological polar surface area (TPSA) is 71.5 Å². The summed E-state index contributed by atoms with van der Waals surface area (Å²) in [5, 5.41) is 4.11. The predicted octanol–water partition coefficient (Wildman–Crippen LogP) is 4.91. The Hall–Kier alpha value is -3.05. The average molecular weight is 389 g/mol. The predicted molar refractivity (Wildman–Crippen MR) is 118 cm³/mol. The lowest BCUT2D eigenvalue weighted by atomic mass is 10.1. The zero-order valence-corrected chi connectivity index (χ0v) is 16.8. The van der Waals surface area contributed by atoms with Crippen molar-refractivity contribution in [1.82, 2.24) is 4.90 Å². The largest absolute Gasteiger partial charge is 0.449 e. The number of primary amides is 1. The van der Waals surface area contributed by atoms with Crippen LogP contribution in [0, 0.1) is 6.92 Å². The maximum absolute atomic E-state index is 11.9. The first kappa shape index (κ1) is 19.3. The van der Waals surface area contributed by atoms with Crippen LogP contribution in [0.2, 0.25) is 0 Å². The Balaban J connectivity index is 1.59. The summed E-state index contributed by atoms with van der Waals surface area (Å²) in [6, 6.07) is 14.1. The number of anilines is 1. The molecule has 1 aliphatic rings. The number of piperidine rings is 1. The first-order valence-electron chi connectivity index (χ1n) is 10.1. The molecule has 4 rings (SSSR count). The van der Waals surface area contributed by atoms with Crippen molar-refractivity contribution < 1.29 is 9.21 Å². The van der Waals surface area contributed by atoms with E-state index in [0.29, 0.717) is 17.0 Å². The van der Waals surface area contributed by atoms with E-state index in [-0.39, 0.29) is 5.76 Å². The Morgan fingerprint density at radius 3 is 2.72 bits per heavy atom. The van der Waals surface area contributed by atoms with E-state index in [2.05, 4.69) is 28.9 Å². The standard InChI is InChI=1S/C24H27N3O2/c1-16-9-10-21-20(13-16)22(23(29-21)24(25)28)26-17(2)19-8-6-7-18(14-19)15-27-11-4-3-5-12-27/h6-10,13-14,26H,2-5,11-12,15H2,1H3,(H2,25,28). The molecule has 5 heteroatoms. The van der Waals surface area contributed by atoms with Gasteiger partial charge in [-0.1, -0.05) is 42.8 Å². The molecular formula is C24H27N3O2. The number of likely N-dealkylation sites (tertiary alicyclic amines) is 1. The number of rotatable bonds is 6. The fourth-order valence-corrected chi connectivity index (χ4v) is 3.97. The minimum atomic E-state index is -0.604. The van der Waals surface area contributed by atoms with E-state index in [1.54, 1.807) is 0 Å². The molecule has 2 heterocycles. The van der Waals surface area contributed by atoms with Gasteiger partial charge in [-0.2, -0.15) is 0 Å². The molecule has 29 heavy (non-hydrogen) atoms. The summed E-state index contributed by atoms with van der Waals surface area (Å²) in [6.45, 7) is 9.46. The monoisotopic (exact) mass is 389 g/mol. The Morgan fingerprint density at radius 1 is 1.17 bits per heavy atom. The molecule has 5 nitrogen and oxygen atoms in total. The molecule has 3 N–H and O–H groups in total. The van der Waals surface area contributed by atoms with E-state index in [0.717, 1.165) is 36.1 Å². The quantitative estimate of drug-likeness (QED) is 0.628. The number of nitrogens with zero attached hydrogens (tertiary/aromatic N) is 1. The van der Waals surface area contributed by atoms with Crippen LogP contribution in [-0.4, -0.2) is 23.9 Å². The van der Waals surface area contributed by atoms with E-state index in [1.165, 1.54) is 24.8 Å². The third-order valence-electron chi connectivity index (χ3n) is 5.47. The van der Waals surface area contributed by atoms with Crippen LogP contribution in [0.15, 0.2) is 53.5 Å². The van der Waals surface area contributed by atoms with E-state index >= 15 is 0 Å². The molecule has 1 aromatic heterocycles. The Bertz CT molecular complexity index is 1060. The van der Waals surface area contributed by atoms with Crippen LogP contribution in [0.5, 0.6) is 0 Å². The van der Waals surface area contributed by atoms with Gasteiger partial charge in [0.1, 0.15) is 5.58 Å². The van der Waals surface area contributed by atoms with Crippen LogP contribution < -0.4 is 11.1 Å². The van der Waals surface area contributed by atoms with Crippen molar-refractivity contribution in [2.45, 2.75) is 32.7 Å². The summed E-state index contributed by atoms with van der Waals surface area (Å²) < 4.78 is 5.69. The lowest BCUT2D eigenvalue weighted by Crippen LogP contribution is -2.29. The number of amides is 1. The van der Waals surface area contributed by atoms with Crippen LogP contribution in [0.25, 0.3) is 16.7 Å². The molecule has 0 saturated carbocycles. The highest BCUT2D eigenvalue weighted by Gasteiger charge is 2.20. The number of carbonyl (C=O) groups is 1. The van der Waals surface area contributed by atoms with Gasteiger partial charge in [-0.3, -0.25) is 9.69 Å². The molecule has 0 radical (unpaired) electrons. The van der Waals surface area contributed by atoms with Gasteiger partial charge < -0.3 is 15.5 Å². The van der Waals surface area contributed by atoms with Crippen LogP contribution in [0.1, 0.15) is 46.5 Å². The highest BCUT2D eigenvalue weighted by Crippen LogP contribution is 2.33. The Kier molecular flexibility index (Phi) is 5.41. The SMILES string of the molecule is C=C(Nc1c(C(N)=O)oc2ccc(C)cc12)c1cccc(CN2CCCCC2)c1. The van der Waals surface area contributed by atoms with E-state index < -0.39 is 5.91 Å². The second kappa shape index (κ2) is 8.13. The van der Waals surface area contributed by atoms with E-state index in [9.17, 15) is 4.79 Å². The highest BCUT2D eigenvalue weighted by atomic mass is 16.3. The van der Waals surface area contributed by atoms with Gasteiger partial charge in [-0.15, -0.1) is 0 Å². The van der Waals surface area contributed by atoms with Gasteiger partial charge in [-0.25, -0.2) is 0 Å². The second-order valence-corrected chi connectivity index (χ2v) is 7.81. The summed E-state index contributed by atoms with van der Waals surface area (Å²) >= 11 is 0. The lowest BCUT2D eigenvalue weighted by Gasteiger charge is -2.26. The highest BCUT2D eigenvalue weighted by molar-refractivity contribution is 6.07. The van der Waals surface area contributed by atoms with Gasteiger partial charge >= 0.3 is 0 Å². The molecule has 1 saturated heterocycles. The van der Waals surface area contributed by atoms with Gasteiger partial charge in [0.25, 0.3) is 5.91 Å². The number of hydrogen-bond acceptors (Lipinski definition) is 4. The summed E-state index contributed by atoms with van der Waals surface area (Å²) in [6.07, 6.45) is 3.88.